The van der Waals surface area contributed by atoms with E-state index in [0.717, 1.165) is 17.2 Å². The summed E-state index contributed by atoms with van der Waals surface area (Å²) >= 11 is 7.09. The van der Waals surface area contributed by atoms with Crippen LogP contribution >= 0.6 is 24.0 Å². The van der Waals surface area contributed by atoms with E-state index in [4.69, 9.17) is 12.2 Å². The monoisotopic (exact) mass is 263 g/mol. The molecule has 1 aliphatic rings. The number of hydrogen-bond donors (Lipinski definition) is 1. The van der Waals surface area contributed by atoms with Crippen molar-refractivity contribution in [1.82, 2.24) is 5.32 Å². The van der Waals surface area contributed by atoms with E-state index >= 15 is 0 Å². The summed E-state index contributed by atoms with van der Waals surface area (Å²) in [7, 11) is 0. The molecule has 1 aliphatic heterocycles. The summed E-state index contributed by atoms with van der Waals surface area (Å²) in [6, 6.07) is 10.4. The predicted molar refractivity (Wildman–Crippen MR) is 80.2 cm³/mol. The molecule has 3 heteroatoms. The van der Waals surface area contributed by atoms with Crippen molar-refractivity contribution < 1.29 is 0 Å². The lowest BCUT2D eigenvalue weighted by Crippen LogP contribution is -2.27. The van der Waals surface area contributed by atoms with Crippen LogP contribution in [0, 0.1) is 0 Å². The molecule has 0 saturated heterocycles. The number of hydrogen-bond acceptors (Lipinski definition) is 3. The van der Waals surface area contributed by atoms with E-state index in [1.807, 2.05) is 6.07 Å². The van der Waals surface area contributed by atoms with Crippen molar-refractivity contribution in [3.05, 3.63) is 47.7 Å². The first kappa shape index (κ1) is 12.7. The van der Waals surface area contributed by atoms with Crippen LogP contribution in [0.2, 0.25) is 0 Å². The smallest absolute Gasteiger partial charge is 0.0728 e. The van der Waals surface area contributed by atoms with E-state index in [9.17, 15) is 0 Å². The lowest BCUT2D eigenvalue weighted by atomic mass is 10.1. The van der Waals surface area contributed by atoms with Crippen molar-refractivity contribution in [2.75, 3.05) is 0 Å². The van der Waals surface area contributed by atoms with Crippen LogP contribution in [0.5, 0.6) is 0 Å². The number of allylic oxidation sites excluding steroid dienone is 1. The molecule has 0 fully saturated rings. The normalized spacial score (nSPS) is 18.7. The largest absolute Gasteiger partial charge is 0.384 e. The molecular weight excluding hydrogens is 246 g/mol. The van der Waals surface area contributed by atoms with Gasteiger partial charge >= 0.3 is 0 Å². The third kappa shape index (κ3) is 3.86. The Hall–Kier alpha value is -0.800. The quantitative estimate of drug-likeness (QED) is 0.831. The maximum Gasteiger partial charge on any atom is 0.0728 e. The molecule has 0 saturated carbocycles. The van der Waals surface area contributed by atoms with Crippen LogP contribution in [-0.4, -0.2) is 8.94 Å². The molecule has 0 aliphatic carbocycles. The van der Waals surface area contributed by atoms with Gasteiger partial charge in [0.1, 0.15) is 0 Å². The van der Waals surface area contributed by atoms with Gasteiger partial charge in [0.25, 0.3) is 0 Å². The van der Waals surface area contributed by atoms with Crippen LogP contribution in [0.25, 0.3) is 0 Å². The molecule has 1 N–H and O–H groups in total. The molecule has 17 heavy (non-hydrogen) atoms. The fourth-order valence-electron chi connectivity index (χ4n) is 1.91. The van der Waals surface area contributed by atoms with Gasteiger partial charge in [-0.2, -0.15) is 0 Å². The summed E-state index contributed by atoms with van der Waals surface area (Å²) in [5.41, 5.74) is 2.55. The van der Waals surface area contributed by atoms with Gasteiger partial charge in [0, 0.05) is 23.4 Å². The molecule has 0 aromatic heterocycles. The van der Waals surface area contributed by atoms with Gasteiger partial charge in [-0.05, 0) is 25.5 Å². The van der Waals surface area contributed by atoms with Crippen molar-refractivity contribution in [3.63, 3.8) is 0 Å². The van der Waals surface area contributed by atoms with Gasteiger partial charge in [-0.1, -0.05) is 42.5 Å². The summed E-state index contributed by atoms with van der Waals surface area (Å²) in [5, 5.41) is 3.48. The summed E-state index contributed by atoms with van der Waals surface area (Å²) < 4.78 is 1.20. The Morgan fingerprint density at radius 2 is 2.00 bits per heavy atom. The van der Waals surface area contributed by atoms with Gasteiger partial charge in [-0.3, -0.25) is 0 Å². The lowest BCUT2D eigenvalue weighted by molar-refractivity contribution is 0.645. The molecule has 1 aromatic carbocycles. The molecule has 2 rings (SSSR count). The molecule has 0 amide bonds. The van der Waals surface area contributed by atoms with Gasteiger partial charge in [-0.25, -0.2) is 0 Å². The first-order valence-corrected chi connectivity index (χ1v) is 6.99. The number of thioether (sulfide) groups is 1. The first-order chi connectivity index (χ1) is 8.05. The van der Waals surface area contributed by atoms with Gasteiger partial charge in [0.15, 0.2) is 0 Å². The molecule has 1 heterocycles. The van der Waals surface area contributed by atoms with E-state index < -0.39 is 0 Å². The maximum atomic E-state index is 5.31. The highest BCUT2D eigenvalue weighted by Crippen LogP contribution is 2.36. The van der Waals surface area contributed by atoms with Crippen LogP contribution < -0.4 is 5.32 Å². The van der Waals surface area contributed by atoms with E-state index in [1.54, 1.807) is 11.8 Å². The van der Waals surface area contributed by atoms with Crippen molar-refractivity contribution in [2.45, 2.75) is 31.6 Å². The summed E-state index contributed by atoms with van der Waals surface area (Å²) in [5.74, 6) is 0. The van der Waals surface area contributed by atoms with Gasteiger partial charge in [0.05, 0.1) is 4.20 Å². The second kappa shape index (κ2) is 5.23. The second-order valence-electron chi connectivity index (χ2n) is 4.87. The highest BCUT2D eigenvalue weighted by molar-refractivity contribution is 8.24. The minimum Gasteiger partial charge on any atom is -0.384 e. The molecule has 0 unspecified atom stereocenters. The van der Waals surface area contributed by atoms with Gasteiger partial charge in [0.2, 0.25) is 0 Å². The van der Waals surface area contributed by atoms with Crippen LogP contribution in [0.1, 0.15) is 25.8 Å². The second-order valence-corrected chi connectivity index (χ2v) is 7.31. The van der Waals surface area contributed by atoms with E-state index in [1.165, 1.54) is 11.3 Å². The van der Waals surface area contributed by atoms with Crippen LogP contribution in [0.15, 0.2) is 42.1 Å². The SMILES string of the molecule is CC1(C)CC(NCc2ccccc2)=CC(=S)S1. The molecule has 0 bridgehead atoms. The zero-order chi connectivity index (χ0) is 12.3. The van der Waals surface area contributed by atoms with E-state index in [-0.39, 0.29) is 4.75 Å². The number of thiocarbonyl (C=S) groups is 1. The van der Waals surface area contributed by atoms with Crippen molar-refractivity contribution in [3.8, 4) is 0 Å². The highest BCUT2D eigenvalue weighted by atomic mass is 32.2. The third-order valence-corrected chi connectivity index (χ3v) is 4.03. The Kier molecular flexibility index (Phi) is 3.89. The van der Waals surface area contributed by atoms with Crippen LogP contribution in [-0.2, 0) is 6.54 Å². The molecule has 90 valence electrons. The molecular formula is C14H17NS2. The van der Waals surface area contributed by atoms with Crippen LogP contribution in [0.3, 0.4) is 0 Å². The molecule has 0 spiro atoms. The zero-order valence-electron chi connectivity index (χ0n) is 10.2. The Morgan fingerprint density at radius 3 is 2.65 bits per heavy atom. The first-order valence-electron chi connectivity index (χ1n) is 5.76. The average Bonchev–Trinajstić information content (AvgIpc) is 2.25. The lowest BCUT2D eigenvalue weighted by Gasteiger charge is -2.29. The van der Waals surface area contributed by atoms with E-state index in [2.05, 4.69) is 49.5 Å². The molecule has 1 nitrogen and oxygen atoms in total. The average molecular weight is 263 g/mol. The van der Waals surface area contributed by atoms with Gasteiger partial charge < -0.3 is 5.32 Å². The van der Waals surface area contributed by atoms with Gasteiger partial charge in [-0.15, -0.1) is 11.8 Å². The Labute approximate surface area is 113 Å². The minimum atomic E-state index is 0.213. The minimum absolute atomic E-state index is 0.213. The van der Waals surface area contributed by atoms with Crippen LogP contribution in [0.4, 0.5) is 0 Å². The standard InChI is InChI=1S/C14H17NS2/c1-14(2)9-12(8-13(16)17-14)15-10-11-6-4-3-5-7-11/h3-8,15H,9-10H2,1-2H3. The summed E-state index contributed by atoms with van der Waals surface area (Å²) in [6.45, 7) is 5.35. The molecule has 1 aromatic rings. The highest BCUT2D eigenvalue weighted by Gasteiger charge is 2.26. The van der Waals surface area contributed by atoms with Crippen molar-refractivity contribution in [1.29, 1.82) is 0 Å². The molecule has 0 radical (unpaired) electrons. The number of rotatable bonds is 3. The summed E-state index contributed by atoms with van der Waals surface area (Å²) in [4.78, 5) is 0. The summed E-state index contributed by atoms with van der Waals surface area (Å²) in [6.07, 6.45) is 3.14. The van der Waals surface area contributed by atoms with E-state index in [0.29, 0.717) is 0 Å². The third-order valence-electron chi connectivity index (χ3n) is 2.65. The fraction of sp³-hybridized carbons (Fsp3) is 0.357. The van der Waals surface area contributed by atoms with Crippen molar-refractivity contribution >= 4 is 28.2 Å². The number of nitrogens with one attached hydrogen (secondary N) is 1. The predicted octanol–water partition coefficient (Wildman–Crippen LogP) is 3.90. The Morgan fingerprint density at radius 1 is 1.29 bits per heavy atom. The Balaban J connectivity index is 1.98. The zero-order valence-corrected chi connectivity index (χ0v) is 11.8. The fourth-order valence-corrected chi connectivity index (χ4v) is 3.71. The topological polar surface area (TPSA) is 12.0 Å². The Bertz CT molecular complexity index is 435. The number of benzene rings is 1. The van der Waals surface area contributed by atoms with Crippen molar-refractivity contribution in [2.24, 2.45) is 0 Å². The maximum absolute atomic E-state index is 5.31. The molecule has 0 atom stereocenters.